The normalized spacial score (nSPS) is 13.1. The third-order valence-corrected chi connectivity index (χ3v) is 4.52. The molecule has 120 valence electrons. The molecule has 0 aliphatic carbocycles. The smallest absolute Gasteiger partial charge is 0.384 e. The van der Waals surface area contributed by atoms with Gasteiger partial charge in [-0.05, 0) is 24.3 Å². The van der Waals surface area contributed by atoms with Crippen molar-refractivity contribution in [2.75, 3.05) is 24.7 Å². The van der Waals surface area contributed by atoms with Crippen LogP contribution in [0.1, 0.15) is 0 Å². The van der Waals surface area contributed by atoms with Crippen LogP contribution in [-0.4, -0.2) is 41.7 Å². The van der Waals surface area contributed by atoms with Gasteiger partial charge in [0.2, 0.25) is 10.0 Å². The maximum absolute atomic E-state index is 12.3. The average molecular weight is 346 g/mol. The maximum Gasteiger partial charge on any atom is 0.501 e. The quantitative estimate of drug-likeness (QED) is 0.748. The number of nitrogens with one attached hydrogen (secondary N) is 2. The molecule has 0 amide bonds. The fourth-order valence-corrected chi connectivity index (χ4v) is 2.56. The van der Waals surface area contributed by atoms with Crippen molar-refractivity contribution in [2.24, 2.45) is 0 Å². The van der Waals surface area contributed by atoms with Gasteiger partial charge in [-0.15, -0.1) is 0 Å². The summed E-state index contributed by atoms with van der Waals surface area (Å²) in [5, 5.41) is 2.73. The zero-order valence-corrected chi connectivity index (χ0v) is 12.4. The predicted molar refractivity (Wildman–Crippen MR) is 71.0 cm³/mol. The third-order valence-electron chi connectivity index (χ3n) is 2.29. The molecule has 0 fully saturated rings. The maximum atomic E-state index is 12.3. The number of hydrogen-bond acceptors (Lipinski definition) is 5. The van der Waals surface area contributed by atoms with Crippen LogP contribution in [-0.2, 0) is 19.9 Å². The lowest BCUT2D eigenvalue weighted by atomic mass is 10.3. The molecule has 0 saturated carbocycles. The Morgan fingerprint density at radius 2 is 1.52 bits per heavy atom. The van der Waals surface area contributed by atoms with Crippen molar-refractivity contribution in [3.8, 4) is 0 Å². The molecule has 0 aliphatic heterocycles. The van der Waals surface area contributed by atoms with Gasteiger partial charge in [0.15, 0.2) is 0 Å². The summed E-state index contributed by atoms with van der Waals surface area (Å²) >= 11 is 0. The highest BCUT2D eigenvalue weighted by Gasteiger charge is 2.46. The fourth-order valence-electron chi connectivity index (χ4n) is 1.33. The zero-order valence-electron chi connectivity index (χ0n) is 10.8. The van der Waals surface area contributed by atoms with Crippen LogP contribution in [0.2, 0.25) is 0 Å². The number of hydrogen-bond donors (Lipinski definition) is 2. The molecule has 0 heterocycles. The molecule has 0 saturated heterocycles. The van der Waals surface area contributed by atoms with Crippen LogP contribution >= 0.6 is 0 Å². The molecule has 2 N–H and O–H groups in total. The van der Waals surface area contributed by atoms with Gasteiger partial charge < -0.3 is 5.32 Å². The highest BCUT2D eigenvalue weighted by atomic mass is 32.2. The van der Waals surface area contributed by atoms with E-state index in [0.717, 1.165) is 18.4 Å². The summed E-state index contributed by atoms with van der Waals surface area (Å²) < 4.78 is 82.9. The van der Waals surface area contributed by atoms with Crippen LogP contribution in [0.4, 0.5) is 18.9 Å². The fraction of sp³-hybridized carbons (Fsp3) is 0.400. The largest absolute Gasteiger partial charge is 0.501 e. The van der Waals surface area contributed by atoms with Crippen LogP contribution in [0.3, 0.4) is 0 Å². The molecule has 0 unspecified atom stereocenters. The Kier molecular flexibility index (Phi) is 5.23. The minimum Gasteiger partial charge on any atom is -0.384 e. The van der Waals surface area contributed by atoms with Gasteiger partial charge in [0.25, 0.3) is 9.84 Å². The van der Waals surface area contributed by atoms with Gasteiger partial charge in [0, 0.05) is 18.8 Å². The number of sulfonamides is 1. The van der Waals surface area contributed by atoms with Crippen LogP contribution in [0, 0.1) is 0 Å². The van der Waals surface area contributed by atoms with Gasteiger partial charge in [-0.2, -0.15) is 13.2 Å². The van der Waals surface area contributed by atoms with Crippen molar-refractivity contribution < 1.29 is 30.0 Å². The van der Waals surface area contributed by atoms with Gasteiger partial charge in [-0.25, -0.2) is 21.6 Å². The van der Waals surface area contributed by atoms with Gasteiger partial charge in [0.1, 0.15) is 0 Å². The number of anilines is 1. The number of benzene rings is 1. The molecule has 21 heavy (non-hydrogen) atoms. The van der Waals surface area contributed by atoms with E-state index in [0.29, 0.717) is 5.69 Å². The molecule has 0 aromatic heterocycles. The lowest BCUT2D eigenvalue weighted by Crippen LogP contribution is -2.27. The molecule has 0 spiro atoms. The molecule has 0 radical (unpaired) electrons. The van der Waals surface area contributed by atoms with Crippen molar-refractivity contribution in [2.45, 2.75) is 10.4 Å². The van der Waals surface area contributed by atoms with E-state index >= 15 is 0 Å². The molecule has 0 aliphatic rings. The minimum atomic E-state index is -5.36. The average Bonchev–Trinajstić information content (AvgIpc) is 2.33. The number of sulfone groups is 1. The first kappa shape index (κ1) is 17.7. The molecule has 1 aromatic rings. The van der Waals surface area contributed by atoms with Crippen molar-refractivity contribution in [1.29, 1.82) is 0 Å². The number of alkyl halides is 3. The molecule has 0 atom stereocenters. The van der Waals surface area contributed by atoms with E-state index in [2.05, 4.69) is 10.0 Å². The van der Waals surface area contributed by atoms with Crippen molar-refractivity contribution in [3.05, 3.63) is 24.3 Å². The molecule has 1 aromatic carbocycles. The Hall–Kier alpha value is -1.33. The Balaban J connectivity index is 2.68. The van der Waals surface area contributed by atoms with Gasteiger partial charge >= 0.3 is 5.51 Å². The van der Waals surface area contributed by atoms with Crippen LogP contribution in [0.15, 0.2) is 29.2 Å². The molecular weight excluding hydrogens is 333 g/mol. The summed E-state index contributed by atoms with van der Waals surface area (Å²) in [5.74, 6) is 0. The highest BCUT2D eigenvalue weighted by Crippen LogP contribution is 2.30. The predicted octanol–water partition coefficient (Wildman–Crippen LogP) is 0.941. The van der Waals surface area contributed by atoms with Gasteiger partial charge in [-0.3, -0.25) is 0 Å². The minimum absolute atomic E-state index is 0.0848. The lowest BCUT2D eigenvalue weighted by Gasteiger charge is -2.10. The SMILES string of the molecule is CS(=O)(=O)NCCNc1ccc(S(=O)(=O)C(F)(F)F)cc1. The molecule has 6 nitrogen and oxygen atoms in total. The van der Waals surface area contributed by atoms with Gasteiger partial charge in [0.05, 0.1) is 11.2 Å². The number of halogens is 3. The summed E-state index contributed by atoms with van der Waals surface area (Å²) in [7, 11) is -8.67. The monoisotopic (exact) mass is 346 g/mol. The van der Waals surface area contributed by atoms with Crippen molar-refractivity contribution >= 4 is 25.5 Å². The Morgan fingerprint density at radius 1 is 1.00 bits per heavy atom. The second-order valence-electron chi connectivity index (χ2n) is 4.07. The zero-order chi connectivity index (χ0) is 16.3. The second-order valence-corrected chi connectivity index (χ2v) is 7.84. The lowest BCUT2D eigenvalue weighted by molar-refractivity contribution is -0.0436. The van der Waals surface area contributed by atoms with E-state index in [1.54, 1.807) is 0 Å². The summed E-state index contributed by atoms with van der Waals surface area (Å²) in [5.41, 5.74) is -4.98. The Labute approximate surface area is 120 Å². The third kappa shape index (κ3) is 5.17. The van der Waals surface area contributed by atoms with Crippen LogP contribution in [0.25, 0.3) is 0 Å². The van der Waals surface area contributed by atoms with Gasteiger partial charge in [-0.1, -0.05) is 0 Å². The number of rotatable bonds is 6. The van der Waals surface area contributed by atoms with E-state index in [9.17, 15) is 30.0 Å². The summed E-state index contributed by atoms with van der Waals surface area (Å²) in [6.45, 7) is 0.278. The van der Waals surface area contributed by atoms with Crippen LogP contribution in [0.5, 0.6) is 0 Å². The van der Waals surface area contributed by atoms with E-state index in [1.165, 1.54) is 12.1 Å². The van der Waals surface area contributed by atoms with Crippen LogP contribution < -0.4 is 10.0 Å². The van der Waals surface area contributed by atoms with Crippen molar-refractivity contribution in [1.82, 2.24) is 4.72 Å². The first-order chi connectivity index (χ1) is 9.43. The highest BCUT2D eigenvalue weighted by molar-refractivity contribution is 7.92. The summed E-state index contributed by atoms with van der Waals surface area (Å²) in [6.07, 6.45) is 0.990. The summed E-state index contributed by atoms with van der Waals surface area (Å²) in [4.78, 5) is -0.852. The van der Waals surface area contributed by atoms with E-state index in [4.69, 9.17) is 0 Å². The molecule has 1 rings (SSSR count). The van der Waals surface area contributed by atoms with E-state index < -0.39 is 30.3 Å². The van der Waals surface area contributed by atoms with E-state index in [1.807, 2.05) is 0 Å². The van der Waals surface area contributed by atoms with Crippen molar-refractivity contribution in [3.63, 3.8) is 0 Å². The topological polar surface area (TPSA) is 92.3 Å². The Morgan fingerprint density at radius 3 is 1.95 bits per heavy atom. The molecule has 11 heteroatoms. The summed E-state index contributed by atoms with van der Waals surface area (Å²) in [6, 6.07) is 3.99. The Bertz CT molecular complexity index is 682. The molecular formula is C10H13F3N2O4S2. The second kappa shape index (κ2) is 6.20. The first-order valence-corrected chi connectivity index (χ1v) is 8.91. The van der Waals surface area contributed by atoms with E-state index in [-0.39, 0.29) is 13.1 Å². The standard InChI is InChI=1S/C10H13F3N2O4S2/c1-20(16,17)15-7-6-14-8-2-4-9(5-3-8)21(18,19)10(11,12)13/h2-5,14-15H,6-7H2,1H3. The molecule has 0 bridgehead atoms. The first-order valence-electron chi connectivity index (χ1n) is 5.53.